The number of nitrogens with one attached hydrogen (secondary N) is 1. The Hall–Kier alpha value is -1.06. The fourth-order valence-electron chi connectivity index (χ4n) is 3.06. The first kappa shape index (κ1) is 13.4. The summed E-state index contributed by atoms with van der Waals surface area (Å²) >= 11 is 0. The Balaban J connectivity index is 2.14. The average molecular weight is 252 g/mol. The molecule has 1 saturated carbocycles. The van der Waals surface area contributed by atoms with Crippen molar-refractivity contribution in [1.82, 2.24) is 10.2 Å². The van der Waals surface area contributed by atoms with Gasteiger partial charge in [-0.15, -0.1) is 0 Å². The molecule has 2 aliphatic rings. The van der Waals surface area contributed by atoms with Crippen LogP contribution in [0.1, 0.15) is 58.8 Å². The van der Waals surface area contributed by atoms with E-state index in [4.69, 9.17) is 0 Å². The highest BCUT2D eigenvalue weighted by atomic mass is 16.2. The van der Waals surface area contributed by atoms with Crippen molar-refractivity contribution >= 4 is 11.8 Å². The normalized spacial score (nSPS) is 26.4. The second-order valence-electron chi connectivity index (χ2n) is 6.07. The zero-order valence-electron chi connectivity index (χ0n) is 11.5. The molecule has 0 unspecified atom stereocenters. The lowest BCUT2D eigenvalue weighted by atomic mass is 10.0. The molecule has 0 aromatic carbocycles. The molecule has 4 heteroatoms. The summed E-state index contributed by atoms with van der Waals surface area (Å²) in [7, 11) is 0. The van der Waals surface area contributed by atoms with Gasteiger partial charge in [-0.3, -0.25) is 9.59 Å². The number of hydrogen-bond acceptors (Lipinski definition) is 2. The van der Waals surface area contributed by atoms with E-state index in [9.17, 15) is 9.59 Å². The van der Waals surface area contributed by atoms with E-state index >= 15 is 0 Å². The van der Waals surface area contributed by atoms with Crippen LogP contribution in [0, 0.1) is 0 Å². The lowest BCUT2D eigenvalue weighted by molar-refractivity contribution is -0.139. The fourth-order valence-corrected chi connectivity index (χ4v) is 3.06. The van der Waals surface area contributed by atoms with Crippen LogP contribution in [0.4, 0.5) is 0 Å². The first-order chi connectivity index (χ1) is 8.50. The molecule has 1 saturated heterocycles. The smallest absolute Gasteiger partial charge is 0.248 e. The summed E-state index contributed by atoms with van der Waals surface area (Å²) in [6, 6.07) is 0.340. The van der Waals surface area contributed by atoms with Crippen molar-refractivity contribution < 1.29 is 9.59 Å². The Bertz CT molecular complexity index is 331. The van der Waals surface area contributed by atoms with Gasteiger partial charge in [-0.25, -0.2) is 0 Å². The molecule has 1 aliphatic carbocycles. The van der Waals surface area contributed by atoms with Gasteiger partial charge in [0.1, 0.15) is 5.54 Å². The van der Waals surface area contributed by atoms with E-state index in [1.54, 1.807) is 0 Å². The molecule has 18 heavy (non-hydrogen) atoms. The summed E-state index contributed by atoms with van der Waals surface area (Å²) in [4.78, 5) is 26.1. The number of carbonyl (C=O) groups excluding carboxylic acids is 2. The molecule has 0 aromatic heterocycles. The number of amides is 2. The predicted molar refractivity (Wildman–Crippen MR) is 70.0 cm³/mol. The highest BCUT2D eigenvalue weighted by Gasteiger charge is 2.39. The van der Waals surface area contributed by atoms with E-state index in [1.165, 1.54) is 25.7 Å². The van der Waals surface area contributed by atoms with E-state index < -0.39 is 5.54 Å². The maximum Gasteiger partial charge on any atom is 0.248 e. The molecule has 0 atom stereocenters. The molecule has 0 radical (unpaired) electrons. The quantitative estimate of drug-likeness (QED) is 0.724. The van der Waals surface area contributed by atoms with E-state index in [0.717, 1.165) is 12.8 Å². The van der Waals surface area contributed by atoms with Gasteiger partial charge in [0.05, 0.1) is 0 Å². The van der Waals surface area contributed by atoms with Gasteiger partial charge in [0.25, 0.3) is 0 Å². The van der Waals surface area contributed by atoms with E-state index in [0.29, 0.717) is 19.0 Å². The van der Waals surface area contributed by atoms with Crippen LogP contribution >= 0.6 is 0 Å². The van der Waals surface area contributed by atoms with Crippen LogP contribution in [0.2, 0.25) is 0 Å². The number of carbonyl (C=O) groups is 2. The zero-order chi connectivity index (χ0) is 13.2. The third kappa shape index (κ3) is 2.85. The van der Waals surface area contributed by atoms with Crippen LogP contribution in [0.5, 0.6) is 0 Å². The Morgan fingerprint density at radius 3 is 2.33 bits per heavy atom. The van der Waals surface area contributed by atoms with Crippen LogP contribution in [-0.2, 0) is 9.59 Å². The van der Waals surface area contributed by atoms with Crippen LogP contribution in [0.3, 0.4) is 0 Å². The summed E-state index contributed by atoms with van der Waals surface area (Å²) in [6.07, 6.45) is 7.59. The lowest BCUT2D eigenvalue weighted by Crippen LogP contribution is -2.55. The monoisotopic (exact) mass is 252 g/mol. The summed E-state index contributed by atoms with van der Waals surface area (Å²) < 4.78 is 0. The van der Waals surface area contributed by atoms with E-state index in [2.05, 4.69) is 5.32 Å². The third-order valence-corrected chi connectivity index (χ3v) is 4.09. The van der Waals surface area contributed by atoms with Crippen molar-refractivity contribution in [2.75, 3.05) is 6.54 Å². The third-order valence-electron chi connectivity index (χ3n) is 4.09. The number of rotatable bonds is 1. The van der Waals surface area contributed by atoms with Crippen molar-refractivity contribution in [3.05, 3.63) is 0 Å². The molecule has 1 N–H and O–H groups in total. The minimum atomic E-state index is -0.750. The van der Waals surface area contributed by atoms with Gasteiger partial charge in [-0.1, -0.05) is 25.7 Å². The molecule has 2 amide bonds. The van der Waals surface area contributed by atoms with Crippen molar-refractivity contribution in [1.29, 1.82) is 0 Å². The Morgan fingerprint density at radius 2 is 1.72 bits per heavy atom. The van der Waals surface area contributed by atoms with Gasteiger partial charge < -0.3 is 10.2 Å². The summed E-state index contributed by atoms with van der Waals surface area (Å²) in [5.41, 5.74) is -0.750. The van der Waals surface area contributed by atoms with Gasteiger partial charge in [0.2, 0.25) is 11.8 Å². The van der Waals surface area contributed by atoms with E-state index in [1.807, 2.05) is 18.7 Å². The zero-order valence-corrected chi connectivity index (χ0v) is 11.5. The summed E-state index contributed by atoms with van der Waals surface area (Å²) in [5.74, 6) is 0.0738. The van der Waals surface area contributed by atoms with Gasteiger partial charge in [0, 0.05) is 19.0 Å². The maximum absolute atomic E-state index is 12.5. The van der Waals surface area contributed by atoms with Gasteiger partial charge in [0.15, 0.2) is 0 Å². The molecule has 1 heterocycles. The first-order valence-electron chi connectivity index (χ1n) is 7.13. The van der Waals surface area contributed by atoms with Crippen molar-refractivity contribution in [2.24, 2.45) is 0 Å². The molecule has 2 fully saturated rings. The molecule has 0 aromatic rings. The molecular formula is C14H24N2O2. The van der Waals surface area contributed by atoms with Gasteiger partial charge >= 0.3 is 0 Å². The Labute approximate surface area is 109 Å². The van der Waals surface area contributed by atoms with Crippen molar-refractivity contribution in [3.8, 4) is 0 Å². The van der Waals surface area contributed by atoms with Crippen molar-refractivity contribution in [2.45, 2.75) is 70.4 Å². The topological polar surface area (TPSA) is 49.4 Å². The molecule has 102 valence electrons. The average Bonchev–Trinajstić information content (AvgIpc) is 2.60. The Kier molecular flexibility index (Phi) is 3.93. The minimum Gasteiger partial charge on any atom is -0.342 e. The summed E-state index contributed by atoms with van der Waals surface area (Å²) in [6.45, 7) is 4.20. The fraction of sp³-hybridized carbons (Fsp3) is 0.857. The predicted octanol–water partition coefficient (Wildman–Crippen LogP) is 1.84. The molecule has 4 nitrogen and oxygen atoms in total. The molecular weight excluding hydrogens is 228 g/mol. The van der Waals surface area contributed by atoms with Crippen molar-refractivity contribution in [3.63, 3.8) is 0 Å². The summed E-state index contributed by atoms with van der Waals surface area (Å²) in [5, 5.41) is 2.82. The molecule has 2 rings (SSSR count). The highest BCUT2D eigenvalue weighted by Crippen LogP contribution is 2.25. The lowest BCUT2D eigenvalue weighted by Gasteiger charge is -2.34. The largest absolute Gasteiger partial charge is 0.342 e. The van der Waals surface area contributed by atoms with Gasteiger partial charge in [-0.2, -0.15) is 0 Å². The first-order valence-corrected chi connectivity index (χ1v) is 7.13. The van der Waals surface area contributed by atoms with Crippen LogP contribution in [0.25, 0.3) is 0 Å². The van der Waals surface area contributed by atoms with Gasteiger partial charge in [-0.05, 0) is 26.7 Å². The number of nitrogens with zero attached hydrogens (tertiary/aromatic N) is 1. The Morgan fingerprint density at radius 1 is 1.11 bits per heavy atom. The highest BCUT2D eigenvalue weighted by molar-refractivity contribution is 5.93. The van der Waals surface area contributed by atoms with Crippen LogP contribution < -0.4 is 5.32 Å². The van der Waals surface area contributed by atoms with Crippen LogP contribution in [0.15, 0.2) is 0 Å². The second-order valence-corrected chi connectivity index (χ2v) is 6.07. The number of hydrogen-bond donors (Lipinski definition) is 1. The van der Waals surface area contributed by atoms with Crippen LogP contribution in [-0.4, -0.2) is 34.8 Å². The second kappa shape index (κ2) is 5.29. The molecule has 0 spiro atoms. The van der Waals surface area contributed by atoms with E-state index in [-0.39, 0.29) is 11.8 Å². The molecule has 1 aliphatic heterocycles. The SMILES string of the molecule is CC1(C)NC(=O)CCN(C2CCCCCC2)C1=O. The minimum absolute atomic E-state index is 0.00975. The standard InChI is InChI=1S/C14H24N2O2/c1-14(2)13(18)16(10-9-12(17)15-14)11-7-5-3-4-6-8-11/h11H,3-10H2,1-2H3,(H,15,17). The molecule has 0 bridgehead atoms. The maximum atomic E-state index is 12.5.